The van der Waals surface area contributed by atoms with Crippen molar-refractivity contribution in [1.29, 1.82) is 0 Å². The number of benzene rings is 1. The van der Waals surface area contributed by atoms with Gasteiger partial charge < -0.3 is 10.2 Å². The quantitative estimate of drug-likeness (QED) is 0.707. The summed E-state index contributed by atoms with van der Waals surface area (Å²) >= 11 is 5.71. The summed E-state index contributed by atoms with van der Waals surface area (Å²) in [6.45, 7) is -0.114. The monoisotopic (exact) mass is 172 g/mol. The smallest absolute Gasteiger partial charge is 0.0696 e. The summed E-state index contributed by atoms with van der Waals surface area (Å²) < 4.78 is 0. The van der Waals surface area contributed by atoms with Crippen molar-refractivity contribution in [3.8, 4) is 0 Å². The van der Waals surface area contributed by atoms with Gasteiger partial charge in [0, 0.05) is 5.02 Å². The first-order chi connectivity index (χ1) is 5.27. The Morgan fingerprint density at radius 3 is 2.45 bits per heavy atom. The Hall–Kier alpha value is -0.570. The molecule has 11 heavy (non-hydrogen) atoms. The second-order valence-electron chi connectivity index (χ2n) is 2.24. The van der Waals surface area contributed by atoms with E-state index >= 15 is 0 Å². The fourth-order valence-electron chi connectivity index (χ4n) is 0.848. The highest BCUT2D eigenvalue weighted by molar-refractivity contribution is 6.31. The zero-order valence-electron chi connectivity index (χ0n) is 5.92. The van der Waals surface area contributed by atoms with Crippen LogP contribution in [-0.4, -0.2) is 10.2 Å². The van der Waals surface area contributed by atoms with Gasteiger partial charge in [-0.3, -0.25) is 0 Å². The molecule has 0 unspecified atom stereocenters. The molecule has 0 saturated carbocycles. The second kappa shape index (κ2) is 3.72. The normalized spacial score (nSPS) is 10.1. The number of rotatable bonds is 2. The Morgan fingerprint density at radius 2 is 1.91 bits per heavy atom. The number of aliphatic hydroxyl groups is 2. The first kappa shape index (κ1) is 8.53. The first-order valence-electron chi connectivity index (χ1n) is 3.27. The van der Waals surface area contributed by atoms with Crippen LogP contribution in [0.5, 0.6) is 0 Å². The van der Waals surface area contributed by atoms with Crippen LogP contribution in [0, 0.1) is 0 Å². The van der Waals surface area contributed by atoms with Crippen molar-refractivity contribution in [3.63, 3.8) is 0 Å². The van der Waals surface area contributed by atoms with E-state index in [0.717, 1.165) is 5.56 Å². The number of hydrogen-bond acceptors (Lipinski definition) is 2. The van der Waals surface area contributed by atoms with E-state index in [-0.39, 0.29) is 13.2 Å². The zero-order valence-corrected chi connectivity index (χ0v) is 6.67. The molecule has 0 aliphatic heterocycles. The predicted molar refractivity (Wildman–Crippen MR) is 43.3 cm³/mol. The second-order valence-corrected chi connectivity index (χ2v) is 2.65. The lowest BCUT2D eigenvalue weighted by atomic mass is 10.1. The highest BCUT2D eigenvalue weighted by Gasteiger charge is 1.98. The maximum atomic E-state index is 8.77. The van der Waals surface area contributed by atoms with E-state index in [2.05, 4.69) is 0 Å². The molecule has 0 spiro atoms. The zero-order chi connectivity index (χ0) is 8.27. The molecule has 0 amide bonds. The molecule has 0 fully saturated rings. The summed E-state index contributed by atoms with van der Waals surface area (Å²) in [6, 6.07) is 5.07. The fourth-order valence-corrected chi connectivity index (χ4v) is 1.02. The lowest BCUT2D eigenvalue weighted by molar-refractivity contribution is 0.275. The summed E-state index contributed by atoms with van der Waals surface area (Å²) in [6.07, 6.45) is 0. The Kier molecular flexibility index (Phi) is 2.88. The molecule has 0 aromatic heterocycles. The maximum absolute atomic E-state index is 8.77. The fraction of sp³-hybridized carbons (Fsp3) is 0.250. The molecule has 1 rings (SSSR count). The molecule has 1 aromatic rings. The van der Waals surface area contributed by atoms with Crippen LogP contribution < -0.4 is 0 Å². The summed E-state index contributed by atoms with van der Waals surface area (Å²) in [5.74, 6) is 0. The van der Waals surface area contributed by atoms with Crippen LogP contribution in [0.3, 0.4) is 0 Å². The minimum atomic E-state index is -0.0906. The van der Waals surface area contributed by atoms with Gasteiger partial charge in [0.25, 0.3) is 0 Å². The summed E-state index contributed by atoms with van der Waals surface area (Å²) in [4.78, 5) is 0. The molecule has 60 valence electrons. The van der Waals surface area contributed by atoms with E-state index in [1.807, 2.05) is 0 Å². The molecule has 0 atom stereocenters. The van der Waals surface area contributed by atoms with Gasteiger partial charge in [-0.05, 0) is 23.3 Å². The lowest BCUT2D eigenvalue weighted by Gasteiger charge is -2.01. The Balaban J connectivity index is 3.02. The van der Waals surface area contributed by atoms with Gasteiger partial charge in [-0.2, -0.15) is 0 Å². The van der Waals surface area contributed by atoms with Crippen LogP contribution in [0.4, 0.5) is 0 Å². The Bertz CT molecular complexity index is 248. The van der Waals surface area contributed by atoms with Gasteiger partial charge in [0.05, 0.1) is 13.2 Å². The van der Waals surface area contributed by atoms with Gasteiger partial charge in [-0.1, -0.05) is 17.7 Å². The lowest BCUT2D eigenvalue weighted by Crippen LogP contribution is -1.89. The van der Waals surface area contributed by atoms with Crippen LogP contribution >= 0.6 is 11.6 Å². The molecule has 0 radical (unpaired) electrons. The topological polar surface area (TPSA) is 40.5 Å². The van der Waals surface area contributed by atoms with Crippen molar-refractivity contribution in [2.45, 2.75) is 13.2 Å². The van der Waals surface area contributed by atoms with E-state index in [4.69, 9.17) is 21.8 Å². The van der Waals surface area contributed by atoms with Gasteiger partial charge in [-0.25, -0.2) is 0 Å². The van der Waals surface area contributed by atoms with Gasteiger partial charge in [-0.15, -0.1) is 0 Å². The minimum absolute atomic E-state index is 0.0236. The molecule has 0 heterocycles. The largest absolute Gasteiger partial charge is 0.392 e. The Labute approximate surface area is 70.1 Å². The maximum Gasteiger partial charge on any atom is 0.0696 e. The molecule has 0 aliphatic carbocycles. The van der Waals surface area contributed by atoms with Crippen LogP contribution in [-0.2, 0) is 13.2 Å². The number of aliphatic hydroxyl groups excluding tert-OH is 2. The van der Waals surface area contributed by atoms with Crippen molar-refractivity contribution in [2.24, 2.45) is 0 Å². The molecule has 3 heteroatoms. The minimum Gasteiger partial charge on any atom is -0.392 e. The van der Waals surface area contributed by atoms with Crippen LogP contribution in [0.1, 0.15) is 11.1 Å². The summed E-state index contributed by atoms with van der Waals surface area (Å²) in [5.41, 5.74) is 1.41. The van der Waals surface area contributed by atoms with E-state index in [0.29, 0.717) is 10.6 Å². The third-order valence-corrected chi connectivity index (χ3v) is 1.83. The van der Waals surface area contributed by atoms with Crippen molar-refractivity contribution < 1.29 is 10.2 Å². The average molecular weight is 173 g/mol. The third kappa shape index (κ3) is 1.93. The molecule has 2 nitrogen and oxygen atoms in total. The van der Waals surface area contributed by atoms with Gasteiger partial charge in [0.15, 0.2) is 0 Å². The average Bonchev–Trinajstić information content (AvgIpc) is 2.05. The standard InChI is InChI=1S/C8H9ClO2/c9-8-2-1-6(4-10)3-7(8)5-11/h1-3,10-11H,4-5H2. The molecule has 0 saturated heterocycles. The highest BCUT2D eigenvalue weighted by atomic mass is 35.5. The number of hydrogen-bond donors (Lipinski definition) is 2. The molecule has 0 bridgehead atoms. The number of halogens is 1. The SMILES string of the molecule is OCc1ccc(Cl)c(CO)c1. The van der Waals surface area contributed by atoms with E-state index < -0.39 is 0 Å². The van der Waals surface area contributed by atoms with E-state index in [1.54, 1.807) is 18.2 Å². The van der Waals surface area contributed by atoms with Crippen LogP contribution in [0.15, 0.2) is 18.2 Å². The third-order valence-electron chi connectivity index (χ3n) is 1.46. The van der Waals surface area contributed by atoms with E-state index in [1.165, 1.54) is 0 Å². The van der Waals surface area contributed by atoms with E-state index in [9.17, 15) is 0 Å². The molecule has 0 aliphatic rings. The van der Waals surface area contributed by atoms with Crippen molar-refractivity contribution in [3.05, 3.63) is 34.3 Å². The predicted octanol–water partition coefficient (Wildman–Crippen LogP) is 1.32. The van der Waals surface area contributed by atoms with Gasteiger partial charge in [0.1, 0.15) is 0 Å². The first-order valence-corrected chi connectivity index (χ1v) is 3.64. The van der Waals surface area contributed by atoms with Crippen LogP contribution in [0.2, 0.25) is 5.02 Å². The van der Waals surface area contributed by atoms with Crippen molar-refractivity contribution >= 4 is 11.6 Å². The molecule has 2 N–H and O–H groups in total. The van der Waals surface area contributed by atoms with Crippen LogP contribution in [0.25, 0.3) is 0 Å². The van der Waals surface area contributed by atoms with Gasteiger partial charge >= 0.3 is 0 Å². The molecular formula is C8H9ClO2. The molecule has 1 aromatic carbocycles. The summed E-state index contributed by atoms with van der Waals surface area (Å²) in [5, 5.41) is 18.0. The summed E-state index contributed by atoms with van der Waals surface area (Å²) in [7, 11) is 0. The highest BCUT2D eigenvalue weighted by Crippen LogP contribution is 2.17. The molecular weight excluding hydrogens is 164 g/mol. The van der Waals surface area contributed by atoms with Gasteiger partial charge in [0.2, 0.25) is 0 Å². The van der Waals surface area contributed by atoms with Crippen molar-refractivity contribution in [1.82, 2.24) is 0 Å². The van der Waals surface area contributed by atoms with Crippen molar-refractivity contribution in [2.75, 3.05) is 0 Å². The Morgan fingerprint density at radius 1 is 1.18 bits per heavy atom.